The Balaban J connectivity index is 1.85. The average Bonchev–Trinajstić information content (AvgIpc) is 2.38. The monoisotopic (exact) mass is 300 g/mol. The van der Waals surface area contributed by atoms with Crippen LogP contribution in [0, 0.1) is 0 Å². The molecule has 4 rings (SSSR count). The van der Waals surface area contributed by atoms with Gasteiger partial charge in [-0.3, -0.25) is 0 Å². The van der Waals surface area contributed by atoms with E-state index in [9.17, 15) is 0 Å². The molecule has 0 unspecified atom stereocenters. The van der Waals surface area contributed by atoms with Gasteiger partial charge in [-0.05, 0) is 35.4 Å². The molecule has 3 heteroatoms. The lowest BCUT2D eigenvalue weighted by atomic mass is 10.0. The van der Waals surface area contributed by atoms with E-state index in [0.29, 0.717) is 0 Å². The van der Waals surface area contributed by atoms with Crippen LogP contribution in [0.2, 0.25) is 0 Å². The van der Waals surface area contributed by atoms with Crippen LogP contribution in [0.3, 0.4) is 0 Å². The number of hydrogen-bond acceptors (Lipinski definition) is 2. The molecule has 0 aromatic heterocycles. The molecule has 2 bridgehead atoms. The van der Waals surface area contributed by atoms with Crippen molar-refractivity contribution in [1.29, 1.82) is 0 Å². The van der Waals surface area contributed by atoms with Crippen LogP contribution in [-0.2, 0) is 13.1 Å². The highest BCUT2D eigenvalue weighted by Crippen LogP contribution is 2.38. The van der Waals surface area contributed by atoms with Gasteiger partial charge in [0.15, 0.2) is 0 Å². The van der Waals surface area contributed by atoms with Crippen molar-refractivity contribution >= 4 is 27.3 Å². The molecule has 0 saturated carbocycles. The Bertz CT molecular complexity index is 624. The van der Waals surface area contributed by atoms with Crippen molar-refractivity contribution in [2.24, 2.45) is 0 Å². The van der Waals surface area contributed by atoms with Crippen molar-refractivity contribution < 1.29 is 0 Å². The van der Waals surface area contributed by atoms with Crippen molar-refractivity contribution in [3.05, 3.63) is 58.1 Å². The standard InChI is InChI=1S/C15H13BrN2/c16-13-5-6-15-12(7-13)9-18-10-17(15)8-11-3-1-2-4-14(11)18/h1-7H,8-10H2. The molecule has 0 amide bonds. The Hall–Kier alpha value is -1.48. The Morgan fingerprint density at radius 2 is 1.56 bits per heavy atom. The summed E-state index contributed by atoms with van der Waals surface area (Å²) in [5.74, 6) is 0. The van der Waals surface area contributed by atoms with Crippen LogP contribution in [0.4, 0.5) is 11.4 Å². The molecule has 0 N–H and O–H groups in total. The van der Waals surface area contributed by atoms with Gasteiger partial charge >= 0.3 is 0 Å². The molecule has 2 aliphatic rings. The lowest BCUT2D eigenvalue weighted by Gasteiger charge is -2.44. The van der Waals surface area contributed by atoms with Gasteiger partial charge in [0.2, 0.25) is 0 Å². The van der Waals surface area contributed by atoms with Gasteiger partial charge < -0.3 is 9.80 Å². The summed E-state index contributed by atoms with van der Waals surface area (Å²) in [5, 5.41) is 0. The Morgan fingerprint density at radius 1 is 0.833 bits per heavy atom. The van der Waals surface area contributed by atoms with E-state index in [1.54, 1.807) is 0 Å². The van der Waals surface area contributed by atoms with Crippen molar-refractivity contribution in [2.75, 3.05) is 16.5 Å². The summed E-state index contributed by atoms with van der Waals surface area (Å²) in [6, 6.07) is 15.3. The fourth-order valence-corrected chi connectivity index (χ4v) is 3.39. The zero-order valence-corrected chi connectivity index (χ0v) is 11.5. The smallest absolute Gasteiger partial charge is 0.0910 e. The lowest BCUT2D eigenvalue weighted by molar-refractivity contribution is 0.650. The minimum atomic E-state index is 1.00. The molecule has 2 aromatic carbocycles. The third-order valence-electron chi connectivity index (χ3n) is 3.78. The predicted molar refractivity (Wildman–Crippen MR) is 77.8 cm³/mol. The number of hydrogen-bond donors (Lipinski definition) is 0. The summed E-state index contributed by atoms with van der Waals surface area (Å²) in [6.45, 7) is 3.02. The molecule has 90 valence electrons. The molecule has 0 radical (unpaired) electrons. The Morgan fingerprint density at radius 3 is 2.44 bits per heavy atom. The van der Waals surface area contributed by atoms with Gasteiger partial charge in [-0.1, -0.05) is 34.1 Å². The molecule has 0 atom stereocenters. The second kappa shape index (κ2) is 3.75. The molecule has 0 spiro atoms. The molecule has 2 aliphatic heterocycles. The molecule has 0 fully saturated rings. The van der Waals surface area contributed by atoms with Gasteiger partial charge in [0, 0.05) is 28.9 Å². The molecule has 2 nitrogen and oxygen atoms in total. The van der Waals surface area contributed by atoms with Gasteiger partial charge in [-0.2, -0.15) is 0 Å². The van der Waals surface area contributed by atoms with E-state index in [1.807, 2.05) is 0 Å². The number of para-hydroxylation sites is 1. The summed E-state index contributed by atoms with van der Waals surface area (Å²) < 4.78 is 1.16. The van der Waals surface area contributed by atoms with E-state index in [0.717, 1.165) is 24.2 Å². The van der Waals surface area contributed by atoms with Crippen LogP contribution in [-0.4, -0.2) is 6.67 Å². The largest absolute Gasteiger partial charge is 0.349 e. The van der Waals surface area contributed by atoms with Gasteiger partial charge in [0.25, 0.3) is 0 Å². The number of rotatable bonds is 0. The third kappa shape index (κ3) is 1.47. The summed E-state index contributed by atoms with van der Waals surface area (Å²) in [5.41, 5.74) is 5.60. The van der Waals surface area contributed by atoms with Gasteiger partial charge in [0.1, 0.15) is 0 Å². The number of anilines is 2. The first-order valence-electron chi connectivity index (χ1n) is 6.17. The van der Waals surface area contributed by atoms with E-state index in [2.05, 4.69) is 68.2 Å². The molecule has 0 aliphatic carbocycles. The second-order valence-corrected chi connectivity index (χ2v) is 5.85. The zero-order chi connectivity index (χ0) is 12.1. The van der Waals surface area contributed by atoms with Crippen molar-refractivity contribution in [1.82, 2.24) is 0 Å². The summed E-state index contributed by atoms with van der Waals surface area (Å²) in [7, 11) is 0. The predicted octanol–water partition coefficient (Wildman–Crippen LogP) is 3.75. The van der Waals surface area contributed by atoms with Crippen LogP contribution in [0.1, 0.15) is 11.1 Å². The van der Waals surface area contributed by atoms with Crippen molar-refractivity contribution in [3.63, 3.8) is 0 Å². The van der Waals surface area contributed by atoms with Crippen molar-refractivity contribution in [3.8, 4) is 0 Å². The van der Waals surface area contributed by atoms with E-state index in [1.165, 1.54) is 22.5 Å². The minimum Gasteiger partial charge on any atom is -0.349 e. The first-order chi connectivity index (χ1) is 8.81. The third-order valence-corrected chi connectivity index (χ3v) is 4.27. The Labute approximate surface area is 115 Å². The fourth-order valence-electron chi connectivity index (χ4n) is 2.98. The van der Waals surface area contributed by atoms with Crippen LogP contribution in [0.25, 0.3) is 0 Å². The summed E-state index contributed by atoms with van der Waals surface area (Å²) in [4.78, 5) is 4.90. The van der Waals surface area contributed by atoms with E-state index < -0.39 is 0 Å². The summed E-state index contributed by atoms with van der Waals surface area (Å²) in [6.07, 6.45) is 0. The van der Waals surface area contributed by atoms with Crippen LogP contribution in [0.15, 0.2) is 46.9 Å². The highest BCUT2D eigenvalue weighted by Gasteiger charge is 2.28. The van der Waals surface area contributed by atoms with Crippen LogP contribution >= 0.6 is 15.9 Å². The highest BCUT2D eigenvalue weighted by atomic mass is 79.9. The number of benzene rings is 2. The molecular weight excluding hydrogens is 288 g/mol. The van der Waals surface area contributed by atoms with Crippen LogP contribution in [0.5, 0.6) is 0 Å². The Kier molecular flexibility index (Phi) is 2.18. The number of nitrogens with zero attached hydrogens (tertiary/aromatic N) is 2. The average molecular weight is 301 g/mol. The maximum atomic E-state index is 3.56. The maximum Gasteiger partial charge on any atom is 0.0910 e. The van der Waals surface area contributed by atoms with Crippen molar-refractivity contribution in [2.45, 2.75) is 13.1 Å². The SMILES string of the molecule is Brc1ccc2c(c1)CN1CN2Cc2ccccc21. The highest BCUT2D eigenvalue weighted by molar-refractivity contribution is 9.10. The fraction of sp³-hybridized carbons (Fsp3) is 0.200. The first-order valence-corrected chi connectivity index (χ1v) is 6.97. The molecule has 2 heterocycles. The van der Waals surface area contributed by atoms with Gasteiger partial charge in [-0.15, -0.1) is 0 Å². The van der Waals surface area contributed by atoms with Gasteiger partial charge in [-0.25, -0.2) is 0 Å². The minimum absolute atomic E-state index is 1.00. The van der Waals surface area contributed by atoms with Crippen LogP contribution < -0.4 is 9.80 Å². The van der Waals surface area contributed by atoms with E-state index >= 15 is 0 Å². The maximum absolute atomic E-state index is 3.56. The topological polar surface area (TPSA) is 6.48 Å². The lowest BCUT2D eigenvalue weighted by Crippen LogP contribution is -2.46. The number of fused-ring (bicyclic) bond motifs is 6. The molecule has 18 heavy (non-hydrogen) atoms. The zero-order valence-electron chi connectivity index (χ0n) is 9.94. The molecule has 2 aromatic rings. The molecule has 0 saturated heterocycles. The normalized spacial score (nSPS) is 16.3. The quantitative estimate of drug-likeness (QED) is 0.731. The summed E-state index contributed by atoms with van der Waals surface area (Å²) >= 11 is 3.56. The van der Waals surface area contributed by atoms with E-state index in [-0.39, 0.29) is 0 Å². The molecular formula is C15H13BrN2. The van der Waals surface area contributed by atoms with Gasteiger partial charge in [0.05, 0.1) is 6.67 Å². The van der Waals surface area contributed by atoms with E-state index in [4.69, 9.17) is 0 Å². The number of halogens is 1. The second-order valence-electron chi connectivity index (χ2n) is 4.94. The first kappa shape index (κ1) is 10.4.